The van der Waals surface area contributed by atoms with E-state index in [1.807, 2.05) is 0 Å². The molecule has 0 N–H and O–H groups in total. The number of alkyl halides is 1. The van der Waals surface area contributed by atoms with Gasteiger partial charge in [0.2, 0.25) is 0 Å². The third-order valence-electron chi connectivity index (χ3n) is 2.10. The first kappa shape index (κ1) is 10.5. The molecule has 0 amide bonds. The van der Waals surface area contributed by atoms with E-state index in [2.05, 4.69) is 34.7 Å². The minimum atomic E-state index is 0.407. The molecule has 0 bridgehead atoms. The molecule has 2 unspecified atom stereocenters. The largest absolute Gasteiger partial charge is 0.373 e. The predicted molar refractivity (Wildman–Crippen MR) is 54.9 cm³/mol. The van der Waals surface area contributed by atoms with Crippen molar-refractivity contribution in [3.05, 3.63) is 0 Å². The summed E-state index contributed by atoms with van der Waals surface area (Å²) in [5, 5.41) is 1.10. The standard InChI is InChI=1S/C9H18BrNO/c1-8-6-11(5-3-4-10)7-9(2)12-8/h8-9H,3-7H2,1-2H3. The van der Waals surface area contributed by atoms with E-state index in [4.69, 9.17) is 4.74 Å². The smallest absolute Gasteiger partial charge is 0.0678 e. The topological polar surface area (TPSA) is 12.5 Å². The van der Waals surface area contributed by atoms with E-state index in [1.54, 1.807) is 0 Å². The van der Waals surface area contributed by atoms with Crippen LogP contribution in [0.25, 0.3) is 0 Å². The van der Waals surface area contributed by atoms with Gasteiger partial charge in [-0.3, -0.25) is 4.90 Å². The van der Waals surface area contributed by atoms with Gasteiger partial charge in [-0.1, -0.05) is 15.9 Å². The zero-order chi connectivity index (χ0) is 8.97. The Hall–Kier alpha value is 0.400. The molecule has 1 fully saturated rings. The summed E-state index contributed by atoms with van der Waals surface area (Å²) in [5.41, 5.74) is 0. The van der Waals surface area contributed by atoms with Crippen LogP contribution < -0.4 is 0 Å². The van der Waals surface area contributed by atoms with E-state index in [0.717, 1.165) is 18.4 Å². The third-order valence-corrected chi connectivity index (χ3v) is 2.66. The molecule has 0 spiro atoms. The number of morpholine rings is 1. The summed E-state index contributed by atoms with van der Waals surface area (Å²) in [6.45, 7) is 7.69. The van der Waals surface area contributed by atoms with Crippen molar-refractivity contribution in [3.63, 3.8) is 0 Å². The van der Waals surface area contributed by atoms with E-state index in [9.17, 15) is 0 Å². The Labute approximate surface area is 83.4 Å². The lowest BCUT2D eigenvalue weighted by Crippen LogP contribution is -2.45. The molecule has 1 rings (SSSR count). The van der Waals surface area contributed by atoms with Crippen molar-refractivity contribution in [1.29, 1.82) is 0 Å². The van der Waals surface area contributed by atoms with Crippen LogP contribution in [-0.4, -0.2) is 42.1 Å². The summed E-state index contributed by atoms with van der Waals surface area (Å²) in [7, 11) is 0. The first-order valence-corrected chi connectivity index (χ1v) is 5.78. The van der Waals surface area contributed by atoms with Crippen LogP contribution in [0.4, 0.5) is 0 Å². The highest BCUT2D eigenvalue weighted by Crippen LogP contribution is 2.10. The SMILES string of the molecule is CC1CN(CCCBr)CC(C)O1. The first-order chi connectivity index (χ1) is 5.72. The minimum absolute atomic E-state index is 0.407. The molecule has 2 nitrogen and oxygen atoms in total. The average Bonchev–Trinajstić information content (AvgIpc) is 1.99. The van der Waals surface area contributed by atoms with Gasteiger partial charge in [0.15, 0.2) is 0 Å². The van der Waals surface area contributed by atoms with Gasteiger partial charge in [0.1, 0.15) is 0 Å². The van der Waals surface area contributed by atoms with Gasteiger partial charge < -0.3 is 4.74 Å². The summed E-state index contributed by atoms with van der Waals surface area (Å²) < 4.78 is 5.64. The lowest BCUT2D eigenvalue weighted by atomic mass is 10.2. The number of rotatable bonds is 3. The average molecular weight is 236 g/mol. The van der Waals surface area contributed by atoms with Crippen LogP contribution in [0, 0.1) is 0 Å². The van der Waals surface area contributed by atoms with Crippen LogP contribution in [0.15, 0.2) is 0 Å². The number of hydrogen-bond donors (Lipinski definition) is 0. The minimum Gasteiger partial charge on any atom is -0.373 e. The molecule has 0 aromatic rings. The van der Waals surface area contributed by atoms with Crippen molar-refractivity contribution < 1.29 is 4.74 Å². The van der Waals surface area contributed by atoms with Gasteiger partial charge >= 0.3 is 0 Å². The monoisotopic (exact) mass is 235 g/mol. The molecule has 1 saturated heterocycles. The van der Waals surface area contributed by atoms with Crippen molar-refractivity contribution in [2.45, 2.75) is 32.5 Å². The van der Waals surface area contributed by atoms with Crippen molar-refractivity contribution >= 4 is 15.9 Å². The maximum Gasteiger partial charge on any atom is 0.0678 e. The zero-order valence-corrected chi connectivity index (χ0v) is 9.51. The predicted octanol–water partition coefficient (Wildman–Crippen LogP) is 1.88. The Bertz CT molecular complexity index is 122. The summed E-state index contributed by atoms with van der Waals surface area (Å²) in [4.78, 5) is 2.49. The molecular formula is C9H18BrNO. The van der Waals surface area contributed by atoms with Gasteiger partial charge in [0.25, 0.3) is 0 Å². The second-order valence-electron chi connectivity index (χ2n) is 3.56. The molecule has 1 aliphatic heterocycles. The van der Waals surface area contributed by atoms with Crippen LogP contribution in [0.5, 0.6) is 0 Å². The number of halogens is 1. The van der Waals surface area contributed by atoms with Gasteiger partial charge in [0, 0.05) is 18.4 Å². The summed E-state index contributed by atoms with van der Waals surface area (Å²) in [6, 6.07) is 0. The van der Waals surface area contributed by atoms with E-state index < -0.39 is 0 Å². The fourth-order valence-corrected chi connectivity index (χ4v) is 2.00. The number of ether oxygens (including phenoxy) is 1. The molecule has 3 heteroatoms. The van der Waals surface area contributed by atoms with Crippen molar-refractivity contribution in [2.75, 3.05) is 25.0 Å². The van der Waals surface area contributed by atoms with Crippen LogP contribution in [0.2, 0.25) is 0 Å². The zero-order valence-electron chi connectivity index (χ0n) is 7.92. The Morgan fingerprint density at radius 1 is 1.33 bits per heavy atom. The first-order valence-electron chi connectivity index (χ1n) is 4.66. The number of nitrogens with zero attached hydrogens (tertiary/aromatic N) is 1. The fraction of sp³-hybridized carbons (Fsp3) is 1.00. The summed E-state index contributed by atoms with van der Waals surface area (Å²) >= 11 is 3.45. The lowest BCUT2D eigenvalue weighted by molar-refractivity contribution is -0.0676. The molecule has 0 radical (unpaired) electrons. The van der Waals surface area contributed by atoms with Gasteiger partial charge in [-0.25, -0.2) is 0 Å². The molecule has 0 aliphatic carbocycles. The van der Waals surface area contributed by atoms with Gasteiger partial charge in [0.05, 0.1) is 12.2 Å². The maximum absolute atomic E-state index is 5.64. The van der Waals surface area contributed by atoms with Crippen molar-refractivity contribution in [3.8, 4) is 0 Å². The second kappa shape index (κ2) is 5.20. The lowest BCUT2D eigenvalue weighted by Gasteiger charge is -2.35. The molecule has 0 aromatic carbocycles. The molecule has 12 heavy (non-hydrogen) atoms. The quantitative estimate of drug-likeness (QED) is 0.694. The number of hydrogen-bond acceptors (Lipinski definition) is 2. The van der Waals surface area contributed by atoms with Crippen molar-refractivity contribution in [2.24, 2.45) is 0 Å². The molecule has 1 aliphatic rings. The Kier molecular flexibility index (Phi) is 4.54. The fourth-order valence-electron chi connectivity index (χ4n) is 1.75. The van der Waals surface area contributed by atoms with E-state index >= 15 is 0 Å². The molecular weight excluding hydrogens is 218 g/mol. The summed E-state index contributed by atoms with van der Waals surface area (Å²) in [5.74, 6) is 0. The van der Waals surface area contributed by atoms with E-state index in [-0.39, 0.29) is 0 Å². The Morgan fingerprint density at radius 2 is 1.92 bits per heavy atom. The highest BCUT2D eigenvalue weighted by Gasteiger charge is 2.20. The van der Waals surface area contributed by atoms with Gasteiger partial charge in [-0.15, -0.1) is 0 Å². The molecule has 0 saturated carbocycles. The van der Waals surface area contributed by atoms with Gasteiger partial charge in [-0.05, 0) is 26.8 Å². The maximum atomic E-state index is 5.64. The highest BCUT2D eigenvalue weighted by molar-refractivity contribution is 9.09. The van der Waals surface area contributed by atoms with E-state index in [1.165, 1.54) is 13.0 Å². The second-order valence-corrected chi connectivity index (χ2v) is 4.35. The van der Waals surface area contributed by atoms with Gasteiger partial charge in [-0.2, -0.15) is 0 Å². The third kappa shape index (κ3) is 3.42. The molecule has 72 valence electrons. The molecule has 0 aromatic heterocycles. The van der Waals surface area contributed by atoms with Crippen LogP contribution in [0.3, 0.4) is 0 Å². The Morgan fingerprint density at radius 3 is 2.42 bits per heavy atom. The van der Waals surface area contributed by atoms with E-state index in [0.29, 0.717) is 12.2 Å². The normalized spacial score (nSPS) is 32.2. The van der Waals surface area contributed by atoms with Crippen LogP contribution in [-0.2, 0) is 4.74 Å². The molecule has 1 heterocycles. The van der Waals surface area contributed by atoms with Crippen LogP contribution >= 0.6 is 15.9 Å². The highest BCUT2D eigenvalue weighted by atomic mass is 79.9. The van der Waals surface area contributed by atoms with Crippen LogP contribution in [0.1, 0.15) is 20.3 Å². The Balaban J connectivity index is 2.24. The van der Waals surface area contributed by atoms with Crippen molar-refractivity contribution in [1.82, 2.24) is 4.90 Å². The molecule has 2 atom stereocenters. The summed E-state index contributed by atoms with van der Waals surface area (Å²) in [6.07, 6.45) is 2.05.